The van der Waals surface area contributed by atoms with Crippen molar-refractivity contribution < 1.29 is 4.39 Å². The summed E-state index contributed by atoms with van der Waals surface area (Å²) in [6.45, 7) is 4.03. The molecule has 0 atom stereocenters. The van der Waals surface area contributed by atoms with Crippen LogP contribution in [-0.2, 0) is 0 Å². The number of halogens is 1. The first-order valence-electron chi connectivity index (χ1n) is 6.53. The first-order valence-corrected chi connectivity index (χ1v) is 6.53. The average molecular weight is 266 g/mol. The molecule has 2 aromatic carbocycles. The predicted octanol–water partition coefficient (Wildman–Crippen LogP) is 4.30. The maximum absolute atomic E-state index is 13.0. The van der Waals surface area contributed by atoms with E-state index in [0.717, 1.165) is 22.5 Å². The van der Waals surface area contributed by atoms with Crippen LogP contribution >= 0.6 is 0 Å². The van der Waals surface area contributed by atoms with Gasteiger partial charge in [0.15, 0.2) is 0 Å². The van der Waals surface area contributed by atoms with Gasteiger partial charge in [-0.3, -0.25) is 0 Å². The largest absolute Gasteiger partial charge is 0.240 e. The fraction of sp³-hybridized carbons (Fsp3) is 0.118. The summed E-state index contributed by atoms with van der Waals surface area (Å²) in [4.78, 5) is 0. The molecular weight excluding hydrogens is 251 g/mol. The Labute approximate surface area is 117 Å². The summed E-state index contributed by atoms with van der Waals surface area (Å²) in [5.41, 5.74) is 5.15. The number of hydrogen-bond donors (Lipinski definition) is 0. The van der Waals surface area contributed by atoms with Crippen LogP contribution in [0.15, 0.2) is 54.7 Å². The van der Waals surface area contributed by atoms with Crippen molar-refractivity contribution in [3.63, 3.8) is 0 Å². The van der Waals surface area contributed by atoms with Crippen molar-refractivity contribution >= 4 is 0 Å². The van der Waals surface area contributed by atoms with Gasteiger partial charge in [-0.1, -0.05) is 30.3 Å². The number of aryl methyl sites for hydroxylation is 2. The molecule has 0 aliphatic rings. The first kappa shape index (κ1) is 12.6. The van der Waals surface area contributed by atoms with Crippen molar-refractivity contribution in [2.24, 2.45) is 0 Å². The van der Waals surface area contributed by atoms with Crippen LogP contribution in [0.25, 0.3) is 16.8 Å². The molecule has 0 aliphatic heterocycles. The van der Waals surface area contributed by atoms with E-state index in [2.05, 4.69) is 18.1 Å². The quantitative estimate of drug-likeness (QED) is 0.676. The summed E-state index contributed by atoms with van der Waals surface area (Å²) in [5, 5.41) is 4.56. The van der Waals surface area contributed by atoms with Crippen molar-refractivity contribution in [1.82, 2.24) is 9.78 Å². The van der Waals surface area contributed by atoms with Gasteiger partial charge < -0.3 is 0 Å². The van der Waals surface area contributed by atoms with Gasteiger partial charge in [-0.25, -0.2) is 9.07 Å². The van der Waals surface area contributed by atoms with E-state index in [9.17, 15) is 4.39 Å². The fourth-order valence-corrected chi connectivity index (χ4v) is 2.32. The molecule has 0 amide bonds. The molecule has 1 aromatic heterocycles. The van der Waals surface area contributed by atoms with Crippen LogP contribution in [-0.4, -0.2) is 9.78 Å². The second kappa shape index (κ2) is 4.93. The van der Waals surface area contributed by atoms with Crippen LogP contribution in [0.1, 0.15) is 11.3 Å². The summed E-state index contributed by atoms with van der Waals surface area (Å²) >= 11 is 0. The van der Waals surface area contributed by atoms with E-state index in [0.29, 0.717) is 0 Å². The minimum atomic E-state index is -0.224. The van der Waals surface area contributed by atoms with E-state index in [1.54, 1.807) is 12.1 Å². The zero-order chi connectivity index (χ0) is 14.1. The number of hydrogen-bond acceptors (Lipinski definition) is 1. The Balaban J connectivity index is 2.08. The number of aromatic nitrogens is 2. The molecule has 0 bridgehead atoms. The lowest BCUT2D eigenvalue weighted by atomic mass is 10.1. The van der Waals surface area contributed by atoms with Crippen LogP contribution in [0.4, 0.5) is 4.39 Å². The average Bonchev–Trinajstić information content (AvgIpc) is 2.82. The van der Waals surface area contributed by atoms with Crippen molar-refractivity contribution in [2.45, 2.75) is 13.8 Å². The van der Waals surface area contributed by atoms with Crippen LogP contribution in [0, 0.1) is 19.7 Å². The van der Waals surface area contributed by atoms with Gasteiger partial charge in [0.1, 0.15) is 5.82 Å². The maximum atomic E-state index is 13.0. The third kappa shape index (κ3) is 2.23. The topological polar surface area (TPSA) is 17.8 Å². The van der Waals surface area contributed by atoms with E-state index in [4.69, 9.17) is 0 Å². The van der Waals surface area contributed by atoms with Gasteiger partial charge in [-0.05, 0) is 43.2 Å². The molecule has 0 saturated carbocycles. The molecule has 3 heteroatoms. The van der Waals surface area contributed by atoms with Crippen LogP contribution in [0.5, 0.6) is 0 Å². The highest BCUT2D eigenvalue weighted by atomic mass is 19.1. The van der Waals surface area contributed by atoms with Gasteiger partial charge in [0.2, 0.25) is 0 Å². The molecule has 3 rings (SSSR count). The van der Waals surface area contributed by atoms with E-state index < -0.39 is 0 Å². The third-order valence-corrected chi connectivity index (χ3v) is 3.42. The molecule has 0 N–H and O–H groups in total. The molecule has 20 heavy (non-hydrogen) atoms. The van der Waals surface area contributed by atoms with Crippen LogP contribution < -0.4 is 0 Å². The number of para-hydroxylation sites is 1. The lowest BCUT2D eigenvalue weighted by Crippen LogP contribution is -1.97. The Morgan fingerprint density at radius 1 is 0.950 bits per heavy atom. The van der Waals surface area contributed by atoms with Crippen molar-refractivity contribution in [1.29, 1.82) is 0 Å². The standard InChI is InChI=1S/C17H15FN2/c1-12-5-3-4-6-17(12)20-11-16(13(2)19-20)14-7-9-15(18)10-8-14/h3-11H,1-2H3. The molecule has 0 saturated heterocycles. The van der Waals surface area contributed by atoms with Crippen molar-refractivity contribution in [3.8, 4) is 16.8 Å². The Kier molecular flexibility index (Phi) is 3.11. The summed E-state index contributed by atoms with van der Waals surface area (Å²) in [6, 6.07) is 14.6. The predicted molar refractivity (Wildman–Crippen MR) is 78.4 cm³/mol. The molecule has 0 radical (unpaired) electrons. The maximum Gasteiger partial charge on any atom is 0.123 e. The van der Waals surface area contributed by atoms with E-state index in [1.807, 2.05) is 36.0 Å². The number of rotatable bonds is 2. The van der Waals surface area contributed by atoms with E-state index in [-0.39, 0.29) is 5.82 Å². The zero-order valence-electron chi connectivity index (χ0n) is 11.5. The minimum absolute atomic E-state index is 0.224. The molecule has 0 unspecified atom stereocenters. The Bertz CT molecular complexity index is 742. The molecule has 1 heterocycles. The normalized spacial score (nSPS) is 10.8. The summed E-state index contributed by atoms with van der Waals surface area (Å²) in [5.74, 6) is -0.224. The van der Waals surface area contributed by atoms with Gasteiger partial charge in [0, 0.05) is 11.8 Å². The Morgan fingerprint density at radius 3 is 2.35 bits per heavy atom. The highest BCUT2D eigenvalue weighted by Crippen LogP contribution is 2.25. The number of nitrogens with zero attached hydrogens (tertiary/aromatic N) is 2. The minimum Gasteiger partial charge on any atom is -0.240 e. The number of benzene rings is 2. The summed E-state index contributed by atoms with van der Waals surface area (Å²) < 4.78 is 14.9. The highest BCUT2D eigenvalue weighted by molar-refractivity contribution is 5.65. The molecule has 3 aromatic rings. The summed E-state index contributed by atoms with van der Waals surface area (Å²) in [7, 11) is 0. The van der Waals surface area contributed by atoms with Gasteiger partial charge in [0.25, 0.3) is 0 Å². The third-order valence-electron chi connectivity index (χ3n) is 3.42. The van der Waals surface area contributed by atoms with Gasteiger partial charge in [-0.15, -0.1) is 0 Å². The fourth-order valence-electron chi connectivity index (χ4n) is 2.32. The first-order chi connectivity index (χ1) is 9.65. The van der Waals surface area contributed by atoms with Gasteiger partial charge in [-0.2, -0.15) is 5.10 Å². The monoisotopic (exact) mass is 266 g/mol. The second-order valence-electron chi connectivity index (χ2n) is 4.87. The molecule has 100 valence electrons. The van der Waals surface area contributed by atoms with Crippen molar-refractivity contribution in [2.75, 3.05) is 0 Å². The van der Waals surface area contributed by atoms with E-state index in [1.165, 1.54) is 17.7 Å². The Hall–Kier alpha value is -2.42. The molecule has 0 spiro atoms. The smallest absolute Gasteiger partial charge is 0.123 e. The highest BCUT2D eigenvalue weighted by Gasteiger charge is 2.09. The van der Waals surface area contributed by atoms with E-state index >= 15 is 0 Å². The lowest BCUT2D eigenvalue weighted by Gasteiger charge is -2.04. The second-order valence-corrected chi connectivity index (χ2v) is 4.87. The Morgan fingerprint density at radius 2 is 1.65 bits per heavy atom. The molecule has 0 aliphatic carbocycles. The molecule has 2 nitrogen and oxygen atoms in total. The molecular formula is C17H15FN2. The van der Waals surface area contributed by atoms with Gasteiger partial charge >= 0.3 is 0 Å². The SMILES string of the molecule is Cc1ccccc1-n1cc(-c2ccc(F)cc2)c(C)n1. The molecule has 0 fully saturated rings. The zero-order valence-corrected chi connectivity index (χ0v) is 11.5. The van der Waals surface area contributed by atoms with Crippen LogP contribution in [0.3, 0.4) is 0 Å². The van der Waals surface area contributed by atoms with Gasteiger partial charge in [0.05, 0.1) is 11.4 Å². The lowest BCUT2D eigenvalue weighted by molar-refractivity contribution is 0.628. The van der Waals surface area contributed by atoms with Crippen LogP contribution in [0.2, 0.25) is 0 Å². The van der Waals surface area contributed by atoms with Crippen molar-refractivity contribution in [3.05, 3.63) is 71.8 Å². The summed E-state index contributed by atoms with van der Waals surface area (Å²) in [6.07, 6.45) is 1.99.